The van der Waals surface area contributed by atoms with Crippen LogP contribution < -0.4 is 10.6 Å². The van der Waals surface area contributed by atoms with Crippen LogP contribution in [0.5, 0.6) is 0 Å². The standard InChI is InChI=1S/C10H16F4N2O3/c1-2-3-6(7(17)18)4-15-9(19)16-5-10(13,14)8(11)12/h6,8H,2-5H2,1H3,(H,17,18)(H2,15,16,19). The average Bonchev–Trinajstić information content (AvgIpc) is 2.31. The van der Waals surface area contributed by atoms with Gasteiger partial charge in [-0.2, -0.15) is 8.78 Å². The lowest BCUT2D eigenvalue weighted by atomic mass is 10.0. The third kappa shape index (κ3) is 6.82. The summed E-state index contributed by atoms with van der Waals surface area (Å²) in [7, 11) is 0. The summed E-state index contributed by atoms with van der Waals surface area (Å²) in [5.74, 6) is -6.28. The van der Waals surface area contributed by atoms with Crippen LogP contribution in [0.25, 0.3) is 0 Å². The van der Waals surface area contributed by atoms with Gasteiger partial charge in [0.15, 0.2) is 0 Å². The number of carboxylic acids is 1. The molecule has 2 amide bonds. The molecule has 5 nitrogen and oxygen atoms in total. The van der Waals surface area contributed by atoms with E-state index in [0.717, 1.165) is 0 Å². The molecule has 0 fully saturated rings. The van der Waals surface area contributed by atoms with Gasteiger partial charge in [-0.15, -0.1) is 0 Å². The Kier molecular flexibility index (Phi) is 7.17. The van der Waals surface area contributed by atoms with Crippen LogP contribution in [0.3, 0.4) is 0 Å². The third-order valence-electron chi connectivity index (χ3n) is 2.30. The molecule has 0 heterocycles. The van der Waals surface area contributed by atoms with E-state index < -0.39 is 36.8 Å². The molecule has 0 aromatic carbocycles. The summed E-state index contributed by atoms with van der Waals surface area (Å²) < 4.78 is 48.5. The van der Waals surface area contributed by atoms with E-state index in [9.17, 15) is 27.2 Å². The van der Waals surface area contributed by atoms with Crippen LogP contribution in [0.15, 0.2) is 0 Å². The smallest absolute Gasteiger partial charge is 0.324 e. The zero-order valence-electron chi connectivity index (χ0n) is 10.3. The number of carbonyl (C=O) groups excluding carboxylic acids is 1. The van der Waals surface area contributed by atoms with Crippen LogP contribution in [0.4, 0.5) is 22.4 Å². The molecule has 0 rings (SSSR count). The number of aliphatic carboxylic acids is 1. The van der Waals surface area contributed by atoms with Crippen molar-refractivity contribution in [2.75, 3.05) is 13.1 Å². The number of hydrogen-bond donors (Lipinski definition) is 3. The Morgan fingerprint density at radius 3 is 2.26 bits per heavy atom. The van der Waals surface area contributed by atoms with E-state index in [4.69, 9.17) is 5.11 Å². The van der Waals surface area contributed by atoms with E-state index in [2.05, 4.69) is 5.32 Å². The lowest BCUT2D eigenvalue weighted by Gasteiger charge is -2.17. The Morgan fingerprint density at radius 1 is 1.26 bits per heavy atom. The van der Waals surface area contributed by atoms with E-state index in [0.29, 0.717) is 12.8 Å². The third-order valence-corrected chi connectivity index (χ3v) is 2.30. The number of amides is 2. The van der Waals surface area contributed by atoms with Crippen molar-refractivity contribution in [3.63, 3.8) is 0 Å². The molecular formula is C10H16F4N2O3. The molecule has 0 aromatic heterocycles. The molecule has 3 N–H and O–H groups in total. The van der Waals surface area contributed by atoms with Crippen molar-refractivity contribution >= 4 is 12.0 Å². The van der Waals surface area contributed by atoms with Crippen LogP contribution >= 0.6 is 0 Å². The van der Waals surface area contributed by atoms with E-state index in [-0.39, 0.29) is 6.54 Å². The Bertz CT molecular complexity index is 313. The molecule has 0 saturated carbocycles. The Morgan fingerprint density at radius 2 is 1.84 bits per heavy atom. The van der Waals surface area contributed by atoms with Gasteiger partial charge in [-0.1, -0.05) is 13.3 Å². The summed E-state index contributed by atoms with van der Waals surface area (Å²) in [6, 6.07) is -1.11. The zero-order chi connectivity index (χ0) is 15.1. The molecule has 0 aliphatic heterocycles. The summed E-state index contributed by atoms with van der Waals surface area (Å²) in [6.07, 6.45) is -2.99. The van der Waals surface area contributed by atoms with Gasteiger partial charge in [0.1, 0.15) is 0 Å². The van der Waals surface area contributed by atoms with Crippen molar-refractivity contribution < 1.29 is 32.3 Å². The van der Waals surface area contributed by atoms with Crippen molar-refractivity contribution in [1.82, 2.24) is 10.6 Å². The Labute approximate surface area is 107 Å². The normalized spacial score (nSPS) is 13.2. The minimum Gasteiger partial charge on any atom is -0.481 e. The first-order valence-corrected chi connectivity index (χ1v) is 5.61. The summed E-state index contributed by atoms with van der Waals surface area (Å²) in [5, 5.41) is 12.4. The van der Waals surface area contributed by atoms with E-state index in [1.807, 2.05) is 0 Å². The lowest BCUT2D eigenvalue weighted by molar-refractivity contribution is -0.141. The fraction of sp³-hybridized carbons (Fsp3) is 0.800. The van der Waals surface area contributed by atoms with E-state index in [1.165, 1.54) is 0 Å². The summed E-state index contributed by atoms with van der Waals surface area (Å²) in [6.45, 7) is -0.0174. The number of alkyl halides is 4. The highest BCUT2D eigenvalue weighted by Gasteiger charge is 2.40. The molecule has 0 aliphatic carbocycles. The van der Waals surface area contributed by atoms with Gasteiger partial charge in [0.25, 0.3) is 0 Å². The fourth-order valence-corrected chi connectivity index (χ4v) is 1.21. The second-order valence-electron chi connectivity index (χ2n) is 3.95. The van der Waals surface area contributed by atoms with Crippen molar-refractivity contribution in [1.29, 1.82) is 0 Å². The first-order chi connectivity index (χ1) is 8.70. The number of carbonyl (C=O) groups is 2. The van der Waals surface area contributed by atoms with Gasteiger partial charge in [-0.3, -0.25) is 4.79 Å². The number of urea groups is 1. The second kappa shape index (κ2) is 7.80. The van der Waals surface area contributed by atoms with E-state index >= 15 is 0 Å². The van der Waals surface area contributed by atoms with Crippen LogP contribution in [-0.4, -0.2) is 42.5 Å². The van der Waals surface area contributed by atoms with Crippen molar-refractivity contribution in [2.24, 2.45) is 5.92 Å². The van der Waals surface area contributed by atoms with Gasteiger partial charge in [0.05, 0.1) is 12.5 Å². The molecule has 0 bridgehead atoms. The first-order valence-electron chi connectivity index (χ1n) is 5.61. The monoisotopic (exact) mass is 288 g/mol. The summed E-state index contributed by atoms with van der Waals surface area (Å²) >= 11 is 0. The van der Waals surface area contributed by atoms with Gasteiger partial charge in [0.2, 0.25) is 0 Å². The van der Waals surface area contributed by atoms with Crippen LogP contribution in [0, 0.1) is 5.92 Å². The quantitative estimate of drug-likeness (QED) is 0.595. The van der Waals surface area contributed by atoms with Crippen molar-refractivity contribution in [3.8, 4) is 0 Å². The Hall–Kier alpha value is -1.54. The number of nitrogens with one attached hydrogen (secondary N) is 2. The maximum absolute atomic E-state index is 12.5. The van der Waals surface area contributed by atoms with E-state index in [1.54, 1.807) is 12.2 Å². The van der Waals surface area contributed by atoms with Crippen molar-refractivity contribution in [2.45, 2.75) is 32.1 Å². The predicted molar refractivity (Wildman–Crippen MR) is 58.4 cm³/mol. The second-order valence-corrected chi connectivity index (χ2v) is 3.95. The van der Waals surface area contributed by atoms with Gasteiger partial charge >= 0.3 is 24.3 Å². The number of halogens is 4. The lowest BCUT2D eigenvalue weighted by Crippen LogP contribution is -2.46. The molecule has 0 aliphatic rings. The van der Waals surface area contributed by atoms with Crippen LogP contribution in [0.2, 0.25) is 0 Å². The highest BCUT2D eigenvalue weighted by molar-refractivity contribution is 5.75. The molecule has 0 aromatic rings. The fourth-order valence-electron chi connectivity index (χ4n) is 1.21. The highest BCUT2D eigenvalue weighted by Crippen LogP contribution is 2.21. The molecule has 0 radical (unpaired) electrons. The molecule has 9 heteroatoms. The molecule has 0 spiro atoms. The minimum absolute atomic E-state index is 0.255. The molecule has 1 unspecified atom stereocenters. The molecule has 112 valence electrons. The predicted octanol–water partition coefficient (Wildman–Crippen LogP) is 1.69. The first kappa shape index (κ1) is 17.5. The largest absolute Gasteiger partial charge is 0.481 e. The van der Waals surface area contributed by atoms with Crippen LogP contribution in [-0.2, 0) is 4.79 Å². The molecule has 19 heavy (non-hydrogen) atoms. The zero-order valence-corrected chi connectivity index (χ0v) is 10.3. The van der Waals surface area contributed by atoms with Gasteiger partial charge < -0.3 is 15.7 Å². The maximum Gasteiger partial charge on any atom is 0.324 e. The highest BCUT2D eigenvalue weighted by atomic mass is 19.3. The minimum atomic E-state index is -4.31. The Balaban J connectivity index is 4.08. The van der Waals surface area contributed by atoms with Crippen LogP contribution in [0.1, 0.15) is 19.8 Å². The number of carboxylic acid groups (broad SMARTS) is 1. The van der Waals surface area contributed by atoms with Gasteiger partial charge in [-0.05, 0) is 6.42 Å². The average molecular weight is 288 g/mol. The molecule has 1 atom stereocenters. The molecule has 0 saturated heterocycles. The summed E-state index contributed by atoms with van der Waals surface area (Å²) in [4.78, 5) is 21.8. The van der Waals surface area contributed by atoms with Crippen molar-refractivity contribution in [3.05, 3.63) is 0 Å². The number of rotatable bonds is 8. The molecular weight excluding hydrogens is 272 g/mol. The SMILES string of the molecule is CCCC(CNC(=O)NCC(F)(F)C(F)F)C(=O)O. The number of hydrogen-bond acceptors (Lipinski definition) is 2. The van der Waals surface area contributed by atoms with Gasteiger partial charge in [0, 0.05) is 6.54 Å². The summed E-state index contributed by atoms with van der Waals surface area (Å²) in [5.41, 5.74) is 0. The maximum atomic E-state index is 12.5. The topological polar surface area (TPSA) is 78.4 Å². The van der Waals surface area contributed by atoms with Gasteiger partial charge in [-0.25, -0.2) is 13.6 Å².